The van der Waals surface area contributed by atoms with E-state index >= 15 is 0 Å². The average molecular weight is 235 g/mol. The molecule has 0 N–H and O–H groups in total. The molecule has 0 aliphatic rings. The second-order valence-corrected chi connectivity index (χ2v) is 2.82. The molecular weight excluding hydrogens is 219 g/mol. The van der Waals surface area contributed by atoms with Gasteiger partial charge in [0.05, 0.1) is 0 Å². The van der Waals surface area contributed by atoms with Crippen LogP contribution < -0.4 is 0 Å². The van der Waals surface area contributed by atoms with Crippen molar-refractivity contribution < 1.29 is 28.3 Å². The van der Waals surface area contributed by atoms with Crippen LogP contribution in [0.15, 0.2) is 0 Å². The Bertz CT molecular complexity index is 225. The van der Waals surface area contributed by atoms with E-state index in [4.69, 9.17) is 0 Å². The van der Waals surface area contributed by atoms with E-state index in [-0.39, 0.29) is 11.0 Å². The highest BCUT2D eigenvalue weighted by Crippen LogP contribution is 2.10. The molecule has 0 atom stereocenters. The van der Waals surface area contributed by atoms with Gasteiger partial charge in [-0.3, -0.25) is 14.4 Å². The first-order valence-electron chi connectivity index (χ1n) is 4.01. The molecule has 0 aromatic carbocycles. The monoisotopic (exact) mass is 235 g/mol. The fourth-order valence-corrected chi connectivity index (χ4v) is 0.977. The van der Waals surface area contributed by atoms with Gasteiger partial charge in [0.15, 0.2) is 0 Å². The third-order valence-corrected chi connectivity index (χ3v) is 1.14. The quantitative estimate of drug-likeness (QED) is 0.571. The van der Waals surface area contributed by atoms with Gasteiger partial charge in [0, 0.05) is 20.8 Å². The Kier molecular flexibility index (Phi) is 6.70. The third kappa shape index (κ3) is 7.74. The zero-order valence-electron chi connectivity index (χ0n) is 8.53. The standard InChI is InChI=1S/C7H12BO6.H4Si/c1-5(9)12-8(4,13-6(2)10)14-7(3)11;/h1-4H3;1H4/q-1;. The minimum atomic E-state index is -2.66. The van der Waals surface area contributed by atoms with Gasteiger partial charge in [0.25, 0.3) is 17.9 Å². The fourth-order valence-electron chi connectivity index (χ4n) is 0.977. The summed E-state index contributed by atoms with van der Waals surface area (Å²) in [6, 6.07) is 0. The van der Waals surface area contributed by atoms with Gasteiger partial charge in [0.2, 0.25) is 0 Å². The molecular formula is C7H16BO6Si-. The number of rotatable bonds is 3. The zero-order chi connectivity index (χ0) is 11.4. The van der Waals surface area contributed by atoms with Gasteiger partial charge in [-0.15, -0.1) is 0 Å². The molecule has 0 aromatic heterocycles. The van der Waals surface area contributed by atoms with Crippen LogP contribution in [0.25, 0.3) is 0 Å². The molecule has 0 bridgehead atoms. The van der Waals surface area contributed by atoms with Crippen LogP contribution in [-0.2, 0) is 28.3 Å². The van der Waals surface area contributed by atoms with Crippen molar-refractivity contribution in [2.45, 2.75) is 27.6 Å². The molecule has 8 heteroatoms. The van der Waals surface area contributed by atoms with Gasteiger partial charge >= 0.3 is 6.75 Å². The normalized spacial score (nSPS) is 9.60. The average Bonchev–Trinajstić information content (AvgIpc) is 1.76. The number of carbonyl (C=O) groups is 3. The first-order valence-corrected chi connectivity index (χ1v) is 4.01. The van der Waals surface area contributed by atoms with Crippen molar-refractivity contribution in [3.63, 3.8) is 0 Å². The summed E-state index contributed by atoms with van der Waals surface area (Å²) in [7, 11) is 0. The molecule has 0 fully saturated rings. The molecule has 0 rings (SSSR count). The Morgan fingerprint density at radius 1 is 0.800 bits per heavy atom. The van der Waals surface area contributed by atoms with E-state index in [2.05, 4.69) is 14.0 Å². The van der Waals surface area contributed by atoms with E-state index in [9.17, 15) is 14.4 Å². The van der Waals surface area contributed by atoms with Crippen molar-refractivity contribution in [1.29, 1.82) is 0 Å². The highest BCUT2D eigenvalue weighted by atomic mass is 28.1. The van der Waals surface area contributed by atoms with Gasteiger partial charge in [-0.2, -0.15) is 0 Å². The Morgan fingerprint density at radius 2 is 1.00 bits per heavy atom. The van der Waals surface area contributed by atoms with Crippen molar-refractivity contribution in [2.24, 2.45) is 0 Å². The maximum Gasteiger partial charge on any atom is 0.551 e. The van der Waals surface area contributed by atoms with Crippen LogP contribution in [0.1, 0.15) is 20.8 Å². The first-order chi connectivity index (χ1) is 6.25. The molecule has 0 aliphatic heterocycles. The summed E-state index contributed by atoms with van der Waals surface area (Å²) in [5, 5.41) is 0. The maximum atomic E-state index is 10.6. The highest BCUT2D eigenvalue weighted by molar-refractivity contribution is 6.64. The third-order valence-electron chi connectivity index (χ3n) is 1.14. The lowest BCUT2D eigenvalue weighted by atomic mass is 9.82. The first kappa shape index (κ1) is 16.1. The number of carbonyl (C=O) groups excluding carboxylic acids is 3. The van der Waals surface area contributed by atoms with Gasteiger partial charge in [-0.1, -0.05) is 6.82 Å². The fraction of sp³-hybridized carbons (Fsp3) is 0.571. The van der Waals surface area contributed by atoms with E-state index in [1.54, 1.807) is 0 Å². The summed E-state index contributed by atoms with van der Waals surface area (Å²) >= 11 is 0. The van der Waals surface area contributed by atoms with E-state index < -0.39 is 24.7 Å². The molecule has 0 aliphatic carbocycles. The molecule has 0 spiro atoms. The van der Waals surface area contributed by atoms with Crippen LogP contribution in [0, 0.1) is 0 Å². The molecule has 0 saturated carbocycles. The van der Waals surface area contributed by atoms with Gasteiger partial charge in [0.1, 0.15) is 0 Å². The topological polar surface area (TPSA) is 78.9 Å². The van der Waals surface area contributed by atoms with Crippen molar-refractivity contribution >= 4 is 35.6 Å². The van der Waals surface area contributed by atoms with Crippen LogP contribution in [0.5, 0.6) is 0 Å². The Balaban J connectivity index is 0. The van der Waals surface area contributed by atoms with E-state index in [1.807, 2.05) is 0 Å². The summed E-state index contributed by atoms with van der Waals surface area (Å²) in [6.07, 6.45) is 0. The van der Waals surface area contributed by atoms with Gasteiger partial charge in [-0.05, 0) is 11.0 Å². The zero-order valence-corrected chi connectivity index (χ0v) is 8.53. The predicted octanol–water partition coefficient (Wildman–Crippen LogP) is -1.21. The lowest BCUT2D eigenvalue weighted by Crippen LogP contribution is -2.46. The van der Waals surface area contributed by atoms with Crippen LogP contribution in [0.3, 0.4) is 0 Å². The largest absolute Gasteiger partial charge is 0.623 e. The lowest BCUT2D eigenvalue weighted by Gasteiger charge is -2.35. The van der Waals surface area contributed by atoms with E-state index in [1.165, 1.54) is 6.82 Å². The SMILES string of the molecule is CC(=O)O[B-](C)(OC(C)=O)OC(C)=O.[SiH4]. The van der Waals surface area contributed by atoms with Crippen LogP contribution in [0.2, 0.25) is 6.82 Å². The number of hydrogen-bond donors (Lipinski definition) is 0. The maximum absolute atomic E-state index is 10.6. The van der Waals surface area contributed by atoms with Crippen molar-refractivity contribution in [2.75, 3.05) is 0 Å². The van der Waals surface area contributed by atoms with Crippen molar-refractivity contribution in [3.05, 3.63) is 0 Å². The summed E-state index contributed by atoms with van der Waals surface area (Å²) in [6.45, 7) is 1.91. The lowest BCUT2D eigenvalue weighted by molar-refractivity contribution is -0.147. The van der Waals surface area contributed by atoms with E-state index in [0.717, 1.165) is 20.8 Å². The van der Waals surface area contributed by atoms with Gasteiger partial charge < -0.3 is 14.0 Å². The van der Waals surface area contributed by atoms with Crippen LogP contribution in [-0.4, -0.2) is 35.6 Å². The summed E-state index contributed by atoms with van der Waals surface area (Å²) < 4.78 is 13.8. The molecule has 0 heterocycles. The summed E-state index contributed by atoms with van der Waals surface area (Å²) in [5.74, 6) is -2.10. The smallest absolute Gasteiger partial charge is 0.551 e. The minimum absolute atomic E-state index is 0. The molecule has 0 aromatic rings. The summed E-state index contributed by atoms with van der Waals surface area (Å²) in [4.78, 5) is 31.9. The molecule has 88 valence electrons. The van der Waals surface area contributed by atoms with Crippen LogP contribution in [0.4, 0.5) is 0 Å². The molecule has 6 nitrogen and oxygen atoms in total. The highest BCUT2D eigenvalue weighted by Gasteiger charge is 2.32. The Labute approximate surface area is 92.3 Å². The predicted molar refractivity (Wildman–Crippen MR) is 58.3 cm³/mol. The summed E-state index contributed by atoms with van der Waals surface area (Å²) in [5.41, 5.74) is 0. The van der Waals surface area contributed by atoms with Gasteiger partial charge in [-0.25, -0.2) is 0 Å². The minimum Gasteiger partial charge on any atom is -0.623 e. The molecule has 0 unspecified atom stereocenters. The second-order valence-electron chi connectivity index (χ2n) is 2.82. The van der Waals surface area contributed by atoms with Crippen molar-refractivity contribution in [1.82, 2.24) is 0 Å². The molecule has 0 saturated heterocycles. The Hall–Kier alpha value is -1.31. The van der Waals surface area contributed by atoms with Crippen LogP contribution >= 0.6 is 0 Å². The number of hydrogen-bond acceptors (Lipinski definition) is 6. The molecule has 0 amide bonds. The van der Waals surface area contributed by atoms with E-state index in [0.29, 0.717) is 0 Å². The molecule has 15 heavy (non-hydrogen) atoms. The Morgan fingerprint density at radius 3 is 1.13 bits per heavy atom. The molecule has 0 radical (unpaired) electrons. The second kappa shape index (κ2) is 6.23. The van der Waals surface area contributed by atoms with Crippen molar-refractivity contribution in [3.8, 4) is 0 Å².